The van der Waals surface area contributed by atoms with Crippen molar-refractivity contribution in [2.45, 2.75) is 46.1 Å². The topological polar surface area (TPSA) is 58.6 Å². The van der Waals surface area contributed by atoms with Crippen LogP contribution in [0.5, 0.6) is 5.75 Å². The van der Waals surface area contributed by atoms with E-state index in [0.29, 0.717) is 32.0 Å². The quantitative estimate of drug-likeness (QED) is 0.826. The van der Waals surface area contributed by atoms with E-state index in [0.717, 1.165) is 18.6 Å². The van der Waals surface area contributed by atoms with Crippen molar-refractivity contribution in [2.24, 2.45) is 11.8 Å². The molecule has 0 bridgehead atoms. The SMILES string of the molecule is CC(C)[C@H](C)NC(=O)C1CCN(C(=O)CCOc2ccccc2)CC1. The van der Waals surface area contributed by atoms with Crippen molar-refractivity contribution in [1.82, 2.24) is 10.2 Å². The summed E-state index contributed by atoms with van der Waals surface area (Å²) in [7, 11) is 0. The van der Waals surface area contributed by atoms with Crippen LogP contribution in [0.4, 0.5) is 0 Å². The minimum atomic E-state index is 0.0193. The molecule has 1 N–H and O–H groups in total. The Morgan fingerprint density at radius 1 is 1.16 bits per heavy atom. The van der Waals surface area contributed by atoms with Gasteiger partial charge in [0.25, 0.3) is 0 Å². The molecule has 138 valence electrons. The van der Waals surface area contributed by atoms with Gasteiger partial charge in [-0.25, -0.2) is 0 Å². The second kappa shape index (κ2) is 9.44. The Morgan fingerprint density at radius 3 is 2.40 bits per heavy atom. The zero-order valence-electron chi connectivity index (χ0n) is 15.5. The van der Waals surface area contributed by atoms with E-state index >= 15 is 0 Å². The lowest BCUT2D eigenvalue weighted by Crippen LogP contribution is -2.46. The van der Waals surface area contributed by atoms with Gasteiger partial charge in [-0.1, -0.05) is 32.0 Å². The van der Waals surface area contributed by atoms with Gasteiger partial charge in [-0.05, 0) is 37.8 Å². The minimum Gasteiger partial charge on any atom is -0.493 e. The first-order valence-corrected chi connectivity index (χ1v) is 9.23. The van der Waals surface area contributed by atoms with Crippen LogP contribution in [-0.2, 0) is 9.59 Å². The first kappa shape index (κ1) is 19.3. The van der Waals surface area contributed by atoms with Crippen LogP contribution in [-0.4, -0.2) is 42.5 Å². The maximum Gasteiger partial charge on any atom is 0.225 e. The summed E-state index contributed by atoms with van der Waals surface area (Å²) in [4.78, 5) is 26.4. The summed E-state index contributed by atoms with van der Waals surface area (Å²) < 4.78 is 5.58. The monoisotopic (exact) mass is 346 g/mol. The fourth-order valence-electron chi connectivity index (χ4n) is 2.83. The molecule has 1 aliphatic heterocycles. The third-order valence-electron chi connectivity index (χ3n) is 4.92. The van der Waals surface area contributed by atoms with Crippen LogP contribution in [0.15, 0.2) is 30.3 Å². The van der Waals surface area contributed by atoms with E-state index in [1.807, 2.05) is 42.2 Å². The van der Waals surface area contributed by atoms with E-state index in [1.165, 1.54) is 0 Å². The first-order chi connectivity index (χ1) is 12.0. The number of para-hydroxylation sites is 1. The molecule has 1 fully saturated rings. The molecule has 0 radical (unpaired) electrons. The molecule has 2 amide bonds. The summed E-state index contributed by atoms with van der Waals surface area (Å²) in [6.07, 6.45) is 1.85. The van der Waals surface area contributed by atoms with E-state index in [-0.39, 0.29) is 23.8 Å². The maximum atomic E-state index is 12.3. The Balaban J connectivity index is 1.68. The second-order valence-corrected chi connectivity index (χ2v) is 7.11. The fourth-order valence-corrected chi connectivity index (χ4v) is 2.83. The number of piperidine rings is 1. The van der Waals surface area contributed by atoms with Gasteiger partial charge in [0.2, 0.25) is 11.8 Å². The van der Waals surface area contributed by atoms with Gasteiger partial charge in [0.1, 0.15) is 5.75 Å². The molecule has 5 nitrogen and oxygen atoms in total. The third kappa shape index (κ3) is 6.07. The van der Waals surface area contributed by atoms with Crippen molar-refractivity contribution in [3.05, 3.63) is 30.3 Å². The number of amides is 2. The van der Waals surface area contributed by atoms with Crippen LogP contribution >= 0.6 is 0 Å². The van der Waals surface area contributed by atoms with Crippen molar-refractivity contribution in [3.8, 4) is 5.75 Å². The Labute approximate surface area is 150 Å². The number of benzene rings is 1. The molecule has 5 heteroatoms. The van der Waals surface area contributed by atoms with E-state index in [2.05, 4.69) is 19.2 Å². The van der Waals surface area contributed by atoms with Gasteiger partial charge in [-0.15, -0.1) is 0 Å². The number of likely N-dealkylation sites (tertiary alicyclic amines) is 1. The normalized spacial score (nSPS) is 16.6. The molecule has 1 aliphatic rings. The summed E-state index contributed by atoms with van der Waals surface area (Å²) in [6.45, 7) is 7.92. The lowest BCUT2D eigenvalue weighted by Gasteiger charge is -2.32. The summed E-state index contributed by atoms with van der Waals surface area (Å²) in [5.41, 5.74) is 0. The average molecular weight is 346 g/mol. The summed E-state index contributed by atoms with van der Waals surface area (Å²) in [5.74, 6) is 1.46. The molecule has 1 aromatic carbocycles. The zero-order chi connectivity index (χ0) is 18.2. The zero-order valence-corrected chi connectivity index (χ0v) is 15.5. The predicted octanol–water partition coefficient (Wildman–Crippen LogP) is 2.85. The fraction of sp³-hybridized carbons (Fsp3) is 0.600. The average Bonchev–Trinajstić information content (AvgIpc) is 2.62. The highest BCUT2D eigenvalue weighted by Gasteiger charge is 2.28. The molecule has 1 heterocycles. The molecule has 25 heavy (non-hydrogen) atoms. The van der Waals surface area contributed by atoms with Crippen LogP contribution in [0, 0.1) is 11.8 Å². The van der Waals surface area contributed by atoms with E-state index in [1.54, 1.807) is 0 Å². The number of rotatable bonds is 7. The number of carbonyl (C=O) groups is 2. The van der Waals surface area contributed by atoms with Gasteiger partial charge in [-0.2, -0.15) is 0 Å². The van der Waals surface area contributed by atoms with Gasteiger partial charge >= 0.3 is 0 Å². The molecule has 0 aromatic heterocycles. The minimum absolute atomic E-state index is 0.0193. The summed E-state index contributed by atoms with van der Waals surface area (Å²) >= 11 is 0. The van der Waals surface area contributed by atoms with Gasteiger partial charge in [0, 0.05) is 25.0 Å². The lowest BCUT2D eigenvalue weighted by atomic mass is 9.94. The Hall–Kier alpha value is -2.04. The van der Waals surface area contributed by atoms with Crippen LogP contribution in [0.25, 0.3) is 0 Å². The van der Waals surface area contributed by atoms with Crippen molar-refractivity contribution in [1.29, 1.82) is 0 Å². The van der Waals surface area contributed by atoms with Crippen molar-refractivity contribution in [2.75, 3.05) is 19.7 Å². The molecule has 1 atom stereocenters. The van der Waals surface area contributed by atoms with Crippen LogP contribution in [0.3, 0.4) is 0 Å². The van der Waals surface area contributed by atoms with Gasteiger partial charge in [-0.3, -0.25) is 9.59 Å². The van der Waals surface area contributed by atoms with Crippen molar-refractivity contribution in [3.63, 3.8) is 0 Å². The molecule has 1 saturated heterocycles. The van der Waals surface area contributed by atoms with E-state index in [9.17, 15) is 9.59 Å². The summed E-state index contributed by atoms with van der Waals surface area (Å²) in [6, 6.07) is 9.70. The lowest BCUT2D eigenvalue weighted by molar-refractivity contribution is -0.136. The number of carbonyl (C=O) groups excluding carboxylic acids is 2. The number of hydrogen-bond acceptors (Lipinski definition) is 3. The maximum absolute atomic E-state index is 12.3. The molecule has 0 unspecified atom stereocenters. The van der Waals surface area contributed by atoms with Crippen LogP contribution < -0.4 is 10.1 Å². The number of nitrogens with zero attached hydrogens (tertiary/aromatic N) is 1. The molecule has 0 spiro atoms. The van der Waals surface area contributed by atoms with Crippen molar-refractivity contribution < 1.29 is 14.3 Å². The van der Waals surface area contributed by atoms with Crippen LogP contribution in [0.1, 0.15) is 40.0 Å². The number of nitrogens with one attached hydrogen (secondary N) is 1. The Kier molecular flexibility index (Phi) is 7.29. The second-order valence-electron chi connectivity index (χ2n) is 7.11. The highest BCUT2D eigenvalue weighted by Crippen LogP contribution is 2.19. The first-order valence-electron chi connectivity index (χ1n) is 9.23. The van der Waals surface area contributed by atoms with Gasteiger partial charge in [0.15, 0.2) is 0 Å². The molecule has 2 rings (SSSR count). The molecule has 1 aromatic rings. The molecular weight excluding hydrogens is 316 g/mol. The highest BCUT2D eigenvalue weighted by atomic mass is 16.5. The Bertz CT molecular complexity index is 551. The molecule has 0 saturated carbocycles. The van der Waals surface area contributed by atoms with Gasteiger partial charge in [0.05, 0.1) is 13.0 Å². The predicted molar refractivity (Wildman–Crippen MR) is 98.3 cm³/mol. The highest BCUT2D eigenvalue weighted by molar-refractivity contribution is 5.80. The van der Waals surface area contributed by atoms with Crippen LogP contribution in [0.2, 0.25) is 0 Å². The largest absolute Gasteiger partial charge is 0.493 e. The third-order valence-corrected chi connectivity index (χ3v) is 4.92. The number of hydrogen-bond donors (Lipinski definition) is 1. The molecular formula is C20H30N2O3. The van der Waals surface area contributed by atoms with E-state index in [4.69, 9.17) is 4.74 Å². The van der Waals surface area contributed by atoms with Gasteiger partial charge < -0.3 is 15.0 Å². The standard InChI is InChI=1S/C20H30N2O3/c1-15(2)16(3)21-20(24)17-9-12-22(13-10-17)19(23)11-14-25-18-7-5-4-6-8-18/h4-8,15-17H,9-14H2,1-3H3,(H,21,24)/t16-/m0/s1. The van der Waals surface area contributed by atoms with E-state index < -0.39 is 0 Å². The Morgan fingerprint density at radius 2 is 1.80 bits per heavy atom. The van der Waals surface area contributed by atoms with Crippen molar-refractivity contribution >= 4 is 11.8 Å². The number of ether oxygens (including phenoxy) is 1. The summed E-state index contributed by atoms with van der Waals surface area (Å²) in [5, 5.41) is 3.08. The smallest absolute Gasteiger partial charge is 0.225 e. The molecule has 0 aliphatic carbocycles.